The zero-order valence-corrected chi connectivity index (χ0v) is 10.9. The summed E-state index contributed by atoms with van der Waals surface area (Å²) in [4.78, 5) is 7.42. The van der Waals surface area contributed by atoms with Crippen molar-refractivity contribution in [3.63, 3.8) is 0 Å². The number of imidazole rings is 1. The van der Waals surface area contributed by atoms with Crippen LogP contribution in [0.1, 0.15) is 11.3 Å². The lowest BCUT2D eigenvalue weighted by Crippen LogP contribution is -2.15. The summed E-state index contributed by atoms with van der Waals surface area (Å²) in [5.74, 6) is 2.50. The minimum Gasteiger partial charge on any atom is -0.486 e. The third kappa shape index (κ3) is 2.65. The fraction of sp³-hybridized carbons (Fsp3) is 0.357. The van der Waals surface area contributed by atoms with Crippen molar-refractivity contribution in [1.82, 2.24) is 9.97 Å². The van der Waals surface area contributed by atoms with Crippen LogP contribution in [0.2, 0.25) is 0 Å². The van der Waals surface area contributed by atoms with E-state index in [-0.39, 0.29) is 0 Å². The molecular weight excluding hydrogens is 242 g/mol. The van der Waals surface area contributed by atoms with Gasteiger partial charge in [0.25, 0.3) is 0 Å². The fourth-order valence-electron chi connectivity index (χ4n) is 2.14. The molecule has 5 nitrogen and oxygen atoms in total. The maximum Gasteiger partial charge on any atom is 0.200 e. The molecule has 1 aliphatic rings. The highest BCUT2D eigenvalue weighted by Gasteiger charge is 2.11. The molecule has 0 bridgehead atoms. The second kappa shape index (κ2) is 5.22. The first-order chi connectivity index (χ1) is 9.35. The molecule has 0 aliphatic carbocycles. The normalized spacial score (nSPS) is 13.3. The van der Waals surface area contributed by atoms with Crippen molar-refractivity contribution >= 4 is 5.95 Å². The Morgan fingerprint density at radius 2 is 2.05 bits per heavy atom. The first-order valence-electron chi connectivity index (χ1n) is 6.45. The van der Waals surface area contributed by atoms with Gasteiger partial charge in [-0.15, -0.1) is 0 Å². The summed E-state index contributed by atoms with van der Waals surface area (Å²) in [5.41, 5.74) is 2.36. The van der Waals surface area contributed by atoms with Crippen molar-refractivity contribution < 1.29 is 9.47 Å². The molecule has 2 aromatic rings. The summed E-state index contributed by atoms with van der Waals surface area (Å²) in [5, 5.41) is 2.98. The number of aromatic amines is 1. The number of H-pyrrole nitrogens is 1. The molecule has 2 N–H and O–H groups in total. The molecule has 2 heterocycles. The summed E-state index contributed by atoms with van der Waals surface area (Å²) in [6.07, 6.45) is 3.74. The molecule has 1 aromatic carbocycles. The van der Waals surface area contributed by atoms with Crippen LogP contribution in [-0.2, 0) is 12.8 Å². The Balaban J connectivity index is 1.66. The van der Waals surface area contributed by atoms with Gasteiger partial charge in [0.15, 0.2) is 17.4 Å². The molecule has 100 valence electrons. The number of benzene rings is 1. The van der Waals surface area contributed by atoms with Crippen LogP contribution in [0.5, 0.6) is 11.5 Å². The molecular formula is C14H17N3O2. The molecule has 0 fully saturated rings. The standard InChI is InChI=1S/C14H17N3O2/c1-15-14-16-9-11(17-14)4-2-10-3-5-12-13(8-10)19-7-6-18-12/h3,5,8-9H,2,4,6-7H2,1H3,(H2,15,16,17). The van der Waals surface area contributed by atoms with Crippen LogP contribution in [0, 0.1) is 0 Å². The van der Waals surface area contributed by atoms with Gasteiger partial charge in [0.1, 0.15) is 13.2 Å². The maximum absolute atomic E-state index is 5.58. The van der Waals surface area contributed by atoms with Crippen molar-refractivity contribution in [2.75, 3.05) is 25.6 Å². The van der Waals surface area contributed by atoms with Gasteiger partial charge in [-0.05, 0) is 30.5 Å². The minimum atomic E-state index is 0.628. The summed E-state index contributed by atoms with van der Waals surface area (Å²) in [6.45, 7) is 1.26. The van der Waals surface area contributed by atoms with Gasteiger partial charge in [0.2, 0.25) is 0 Å². The Morgan fingerprint density at radius 3 is 2.84 bits per heavy atom. The van der Waals surface area contributed by atoms with Crippen molar-refractivity contribution in [2.45, 2.75) is 12.8 Å². The van der Waals surface area contributed by atoms with Crippen LogP contribution >= 0.6 is 0 Å². The largest absolute Gasteiger partial charge is 0.486 e. The van der Waals surface area contributed by atoms with Crippen LogP contribution in [0.3, 0.4) is 0 Å². The molecule has 0 amide bonds. The van der Waals surface area contributed by atoms with E-state index in [1.54, 1.807) is 0 Å². The predicted molar refractivity (Wildman–Crippen MR) is 73.0 cm³/mol. The van der Waals surface area contributed by atoms with Gasteiger partial charge < -0.3 is 19.8 Å². The monoisotopic (exact) mass is 259 g/mol. The number of rotatable bonds is 4. The average molecular weight is 259 g/mol. The van der Waals surface area contributed by atoms with Crippen LogP contribution in [0.25, 0.3) is 0 Å². The second-order valence-corrected chi connectivity index (χ2v) is 4.49. The number of anilines is 1. The number of nitrogens with one attached hydrogen (secondary N) is 2. The van der Waals surface area contributed by atoms with Crippen LogP contribution in [-0.4, -0.2) is 30.2 Å². The smallest absolute Gasteiger partial charge is 0.200 e. The molecule has 0 spiro atoms. The molecule has 5 heteroatoms. The van der Waals surface area contributed by atoms with Crippen molar-refractivity contribution in [3.8, 4) is 11.5 Å². The molecule has 0 unspecified atom stereocenters. The van der Waals surface area contributed by atoms with Crippen LogP contribution in [0.4, 0.5) is 5.95 Å². The topological polar surface area (TPSA) is 59.2 Å². The third-order valence-corrected chi connectivity index (χ3v) is 3.15. The molecule has 3 rings (SSSR count). The average Bonchev–Trinajstić information content (AvgIpc) is 2.93. The second-order valence-electron chi connectivity index (χ2n) is 4.49. The molecule has 0 radical (unpaired) electrons. The first kappa shape index (κ1) is 11.9. The number of ether oxygens (including phenoxy) is 2. The molecule has 0 saturated heterocycles. The Morgan fingerprint density at radius 1 is 1.21 bits per heavy atom. The highest BCUT2D eigenvalue weighted by molar-refractivity contribution is 5.44. The minimum absolute atomic E-state index is 0.628. The van der Waals surface area contributed by atoms with Gasteiger partial charge in [-0.1, -0.05) is 6.07 Å². The van der Waals surface area contributed by atoms with E-state index in [0.29, 0.717) is 13.2 Å². The summed E-state index contributed by atoms with van der Waals surface area (Å²) < 4.78 is 11.1. The lowest BCUT2D eigenvalue weighted by Gasteiger charge is -2.18. The summed E-state index contributed by atoms with van der Waals surface area (Å²) in [6, 6.07) is 6.13. The quantitative estimate of drug-likeness (QED) is 0.881. The van der Waals surface area contributed by atoms with Gasteiger partial charge in [0, 0.05) is 12.7 Å². The van der Waals surface area contributed by atoms with Crippen molar-refractivity contribution in [1.29, 1.82) is 0 Å². The number of aromatic nitrogens is 2. The summed E-state index contributed by atoms with van der Waals surface area (Å²) >= 11 is 0. The highest BCUT2D eigenvalue weighted by Crippen LogP contribution is 2.31. The van der Waals surface area contributed by atoms with Crippen molar-refractivity contribution in [2.24, 2.45) is 0 Å². The fourth-order valence-corrected chi connectivity index (χ4v) is 2.14. The van der Waals surface area contributed by atoms with E-state index in [1.165, 1.54) is 5.56 Å². The maximum atomic E-state index is 5.58. The SMILES string of the molecule is CNc1ncc(CCc2ccc3c(c2)OCCO3)[nH]1. The number of fused-ring (bicyclic) bond motifs is 1. The Bertz CT molecular complexity index is 566. The van der Waals surface area contributed by atoms with Gasteiger partial charge in [0.05, 0.1) is 6.20 Å². The van der Waals surface area contributed by atoms with E-state index in [2.05, 4.69) is 27.4 Å². The van der Waals surface area contributed by atoms with Gasteiger partial charge in [-0.3, -0.25) is 0 Å². The van der Waals surface area contributed by atoms with Gasteiger partial charge in [-0.2, -0.15) is 0 Å². The van der Waals surface area contributed by atoms with E-state index in [9.17, 15) is 0 Å². The molecule has 0 saturated carbocycles. The number of aryl methyl sites for hydroxylation is 2. The zero-order valence-electron chi connectivity index (χ0n) is 10.9. The van der Waals surface area contributed by atoms with E-state index < -0.39 is 0 Å². The van der Waals surface area contributed by atoms with E-state index in [0.717, 1.165) is 36.0 Å². The van der Waals surface area contributed by atoms with E-state index in [1.807, 2.05) is 19.3 Å². The van der Waals surface area contributed by atoms with Crippen LogP contribution < -0.4 is 14.8 Å². The number of hydrogen-bond donors (Lipinski definition) is 2. The molecule has 19 heavy (non-hydrogen) atoms. The van der Waals surface area contributed by atoms with Crippen molar-refractivity contribution in [3.05, 3.63) is 35.7 Å². The lowest BCUT2D eigenvalue weighted by atomic mass is 10.1. The van der Waals surface area contributed by atoms with Gasteiger partial charge >= 0.3 is 0 Å². The lowest BCUT2D eigenvalue weighted by molar-refractivity contribution is 0.171. The zero-order chi connectivity index (χ0) is 13.1. The number of nitrogens with zero attached hydrogens (tertiary/aromatic N) is 1. The number of hydrogen-bond acceptors (Lipinski definition) is 4. The Labute approximate surface area is 112 Å². The molecule has 0 atom stereocenters. The summed E-state index contributed by atoms with van der Waals surface area (Å²) in [7, 11) is 1.85. The third-order valence-electron chi connectivity index (χ3n) is 3.15. The highest BCUT2D eigenvalue weighted by atomic mass is 16.6. The Kier molecular flexibility index (Phi) is 3.27. The van der Waals surface area contributed by atoms with Gasteiger partial charge in [-0.25, -0.2) is 4.98 Å². The van der Waals surface area contributed by atoms with Crippen LogP contribution in [0.15, 0.2) is 24.4 Å². The Hall–Kier alpha value is -2.17. The van der Waals surface area contributed by atoms with E-state index >= 15 is 0 Å². The van der Waals surface area contributed by atoms with E-state index in [4.69, 9.17) is 9.47 Å². The predicted octanol–water partition coefficient (Wildman–Crippen LogP) is 2.01. The molecule has 1 aromatic heterocycles. The first-order valence-corrected chi connectivity index (χ1v) is 6.45. The molecule has 1 aliphatic heterocycles.